The highest BCUT2D eigenvalue weighted by atomic mass is 16.6. The van der Waals surface area contributed by atoms with E-state index in [4.69, 9.17) is 10.5 Å². The fourth-order valence-corrected chi connectivity index (χ4v) is 0.895. The molecule has 0 atom stereocenters. The molecule has 14 heavy (non-hydrogen) atoms. The van der Waals surface area contributed by atoms with E-state index in [9.17, 15) is 9.59 Å². The fraction of sp³-hybridized carbons (Fsp3) is 0.778. The summed E-state index contributed by atoms with van der Waals surface area (Å²) in [7, 11) is 0. The second kappa shape index (κ2) is 5.47. The number of hydrogen-bond donors (Lipinski definition) is 1. The van der Waals surface area contributed by atoms with Crippen LogP contribution in [0, 0.1) is 0 Å². The number of ether oxygens (including phenoxy) is 1. The molecule has 0 bridgehead atoms. The van der Waals surface area contributed by atoms with Gasteiger partial charge in [0.15, 0.2) is 0 Å². The summed E-state index contributed by atoms with van der Waals surface area (Å²) in [5, 5.41) is 0. The van der Waals surface area contributed by atoms with Crippen molar-refractivity contribution in [1.29, 1.82) is 0 Å². The zero-order valence-electron chi connectivity index (χ0n) is 9.11. The average molecular weight is 202 g/mol. The number of rotatable bonds is 4. The summed E-state index contributed by atoms with van der Waals surface area (Å²) >= 11 is 0. The summed E-state index contributed by atoms with van der Waals surface area (Å²) in [6.07, 6.45) is -0.703. The van der Waals surface area contributed by atoms with Crippen LogP contribution in [0.1, 0.15) is 27.7 Å². The van der Waals surface area contributed by atoms with Gasteiger partial charge in [0.1, 0.15) is 6.54 Å². The Morgan fingerprint density at radius 1 is 1.29 bits per heavy atom. The quantitative estimate of drug-likeness (QED) is 0.730. The van der Waals surface area contributed by atoms with Crippen LogP contribution >= 0.6 is 0 Å². The Labute approximate surface area is 84.2 Å². The van der Waals surface area contributed by atoms with Gasteiger partial charge >= 0.3 is 6.09 Å². The highest BCUT2D eigenvalue weighted by molar-refractivity contribution is 5.80. The molecule has 0 unspecified atom stereocenters. The molecule has 0 aromatic rings. The fourth-order valence-electron chi connectivity index (χ4n) is 0.895. The molecule has 0 saturated carbocycles. The first-order valence-corrected chi connectivity index (χ1v) is 4.60. The Kier molecular flexibility index (Phi) is 4.97. The predicted octanol–water partition coefficient (Wildman–Crippen LogP) is 0.727. The first-order valence-electron chi connectivity index (χ1n) is 4.60. The third-order valence-corrected chi connectivity index (χ3v) is 1.52. The third kappa shape index (κ3) is 4.69. The Balaban J connectivity index is 4.33. The number of primary amides is 1. The van der Waals surface area contributed by atoms with Crippen molar-refractivity contribution in [3.63, 3.8) is 0 Å². The first-order chi connectivity index (χ1) is 6.34. The minimum Gasteiger partial charge on any atom is -0.447 e. The molecule has 0 fully saturated rings. The van der Waals surface area contributed by atoms with Crippen LogP contribution in [0.15, 0.2) is 0 Å². The second-order valence-electron chi connectivity index (χ2n) is 3.62. The van der Waals surface area contributed by atoms with Crippen LogP contribution in [0.5, 0.6) is 0 Å². The molecule has 5 nitrogen and oxygen atoms in total. The molecule has 0 aromatic carbocycles. The van der Waals surface area contributed by atoms with Crippen LogP contribution in [0.2, 0.25) is 0 Å². The molecule has 0 aliphatic heterocycles. The zero-order chi connectivity index (χ0) is 11.3. The van der Waals surface area contributed by atoms with Crippen molar-refractivity contribution in [2.75, 3.05) is 6.54 Å². The van der Waals surface area contributed by atoms with Crippen LogP contribution in [0.25, 0.3) is 0 Å². The molecule has 0 saturated heterocycles. The minimum atomic E-state index is -0.542. The van der Waals surface area contributed by atoms with E-state index in [1.165, 1.54) is 4.90 Å². The van der Waals surface area contributed by atoms with E-state index < -0.39 is 12.0 Å². The Hall–Kier alpha value is -1.26. The van der Waals surface area contributed by atoms with Gasteiger partial charge in [0.05, 0.1) is 6.10 Å². The van der Waals surface area contributed by atoms with Crippen molar-refractivity contribution >= 4 is 12.0 Å². The largest absolute Gasteiger partial charge is 0.447 e. The second-order valence-corrected chi connectivity index (χ2v) is 3.62. The van der Waals surface area contributed by atoms with E-state index in [-0.39, 0.29) is 18.7 Å². The molecule has 0 spiro atoms. The molecule has 0 aliphatic carbocycles. The van der Waals surface area contributed by atoms with Gasteiger partial charge in [0.2, 0.25) is 5.91 Å². The first kappa shape index (κ1) is 12.7. The average Bonchev–Trinajstić information content (AvgIpc) is 1.97. The van der Waals surface area contributed by atoms with Gasteiger partial charge < -0.3 is 10.5 Å². The number of nitrogens with zero attached hydrogens (tertiary/aromatic N) is 1. The molecule has 82 valence electrons. The van der Waals surface area contributed by atoms with Gasteiger partial charge in [-0.15, -0.1) is 0 Å². The van der Waals surface area contributed by atoms with E-state index in [1.54, 1.807) is 27.7 Å². The van der Waals surface area contributed by atoms with Crippen LogP contribution in [-0.4, -0.2) is 35.6 Å². The van der Waals surface area contributed by atoms with Crippen LogP contribution in [0.3, 0.4) is 0 Å². The van der Waals surface area contributed by atoms with Crippen molar-refractivity contribution in [1.82, 2.24) is 4.90 Å². The van der Waals surface area contributed by atoms with Crippen LogP contribution in [-0.2, 0) is 9.53 Å². The van der Waals surface area contributed by atoms with Gasteiger partial charge in [-0.3, -0.25) is 9.69 Å². The summed E-state index contributed by atoms with van der Waals surface area (Å²) in [6.45, 7) is 6.99. The zero-order valence-corrected chi connectivity index (χ0v) is 9.11. The lowest BCUT2D eigenvalue weighted by Gasteiger charge is -2.25. The molecule has 0 rings (SSSR count). The molecule has 5 heteroatoms. The van der Waals surface area contributed by atoms with Crippen LogP contribution in [0.4, 0.5) is 4.79 Å². The van der Waals surface area contributed by atoms with E-state index in [2.05, 4.69) is 0 Å². The summed E-state index contributed by atoms with van der Waals surface area (Å²) in [6, 6.07) is -0.103. The number of hydrogen-bond acceptors (Lipinski definition) is 3. The maximum Gasteiger partial charge on any atom is 0.410 e. The van der Waals surface area contributed by atoms with Crippen molar-refractivity contribution in [3.8, 4) is 0 Å². The van der Waals surface area contributed by atoms with E-state index in [0.717, 1.165) is 0 Å². The molecule has 0 radical (unpaired) electrons. The molecular formula is C9H18N2O3. The van der Waals surface area contributed by atoms with E-state index >= 15 is 0 Å². The highest BCUT2D eigenvalue weighted by Gasteiger charge is 2.20. The smallest absolute Gasteiger partial charge is 0.410 e. The molecule has 0 aliphatic rings. The number of amides is 2. The lowest BCUT2D eigenvalue weighted by molar-refractivity contribution is -0.119. The van der Waals surface area contributed by atoms with Gasteiger partial charge in [0.25, 0.3) is 0 Å². The van der Waals surface area contributed by atoms with E-state index in [0.29, 0.717) is 0 Å². The van der Waals surface area contributed by atoms with Crippen molar-refractivity contribution in [2.24, 2.45) is 5.73 Å². The number of carbonyl (C=O) groups is 2. The third-order valence-electron chi connectivity index (χ3n) is 1.52. The SMILES string of the molecule is CC(C)OC(=O)N(CC(N)=O)C(C)C. The lowest BCUT2D eigenvalue weighted by Crippen LogP contribution is -2.43. The normalized spacial score (nSPS) is 10.4. The molecule has 0 heterocycles. The molecule has 2 amide bonds. The summed E-state index contributed by atoms with van der Waals surface area (Å²) < 4.78 is 4.95. The lowest BCUT2D eigenvalue weighted by atomic mass is 10.3. The van der Waals surface area contributed by atoms with Crippen LogP contribution < -0.4 is 5.73 Å². The Morgan fingerprint density at radius 2 is 1.79 bits per heavy atom. The van der Waals surface area contributed by atoms with Gasteiger partial charge in [0, 0.05) is 6.04 Å². The monoisotopic (exact) mass is 202 g/mol. The minimum absolute atomic E-state index is 0.103. The topological polar surface area (TPSA) is 72.6 Å². The Morgan fingerprint density at radius 3 is 2.07 bits per heavy atom. The van der Waals surface area contributed by atoms with Crippen molar-refractivity contribution in [2.45, 2.75) is 39.8 Å². The summed E-state index contributed by atoms with van der Waals surface area (Å²) in [5.74, 6) is -0.542. The number of carbonyl (C=O) groups excluding carboxylic acids is 2. The summed E-state index contributed by atoms with van der Waals surface area (Å²) in [4.78, 5) is 23.4. The number of nitrogens with two attached hydrogens (primary N) is 1. The predicted molar refractivity (Wildman–Crippen MR) is 52.7 cm³/mol. The molecule has 2 N–H and O–H groups in total. The maximum atomic E-state index is 11.4. The van der Waals surface area contributed by atoms with Gasteiger partial charge in [-0.1, -0.05) is 0 Å². The summed E-state index contributed by atoms with van der Waals surface area (Å²) in [5.41, 5.74) is 5.01. The van der Waals surface area contributed by atoms with Crippen molar-refractivity contribution < 1.29 is 14.3 Å². The molecule has 0 aromatic heterocycles. The van der Waals surface area contributed by atoms with Crippen molar-refractivity contribution in [3.05, 3.63) is 0 Å². The van der Waals surface area contributed by atoms with E-state index in [1.807, 2.05) is 0 Å². The van der Waals surface area contributed by atoms with Gasteiger partial charge in [-0.05, 0) is 27.7 Å². The standard InChI is InChI=1S/C9H18N2O3/c1-6(2)11(5-8(10)12)9(13)14-7(3)4/h6-7H,5H2,1-4H3,(H2,10,12). The Bertz CT molecular complexity index is 214. The molecular weight excluding hydrogens is 184 g/mol. The van der Waals surface area contributed by atoms with Gasteiger partial charge in [-0.2, -0.15) is 0 Å². The van der Waals surface area contributed by atoms with Gasteiger partial charge in [-0.25, -0.2) is 4.79 Å². The highest BCUT2D eigenvalue weighted by Crippen LogP contribution is 2.03. The maximum absolute atomic E-state index is 11.4.